The van der Waals surface area contributed by atoms with Crippen molar-refractivity contribution < 1.29 is 9.59 Å². The van der Waals surface area contributed by atoms with Crippen molar-refractivity contribution in [2.75, 3.05) is 26.2 Å². The van der Waals surface area contributed by atoms with Crippen LogP contribution < -0.4 is 10.6 Å². The molecule has 1 fully saturated rings. The van der Waals surface area contributed by atoms with E-state index in [-0.39, 0.29) is 24.2 Å². The van der Waals surface area contributed by atoms with Gasteiger partial charge in [0.2, 0.25) is 5.91 Å². The van der Waals surface area contributed by atoms with E-state index in [1.165, 1.54) is 6.20 Å². The fourth-order valence-corrected chi connectivity index (χ4v) is 2.36. The fraction of sp³-hybridized carbons (Fsp3) is 0.533. The molecule has 6 nitrogen and oxygen atoms in total. The summed E-state index contributed by atoms with van der Waals surface area (Å²) in [5.74, 6) is 0.0188. The van der Waals surface area contributed by atoms with Crippen LogP contribution in [0.15, 0.2) is 24.5 Å². The Kier molecular flexibility index (Phi) is 7.84. The normalized spacial score (nSPS) is 17.5. The molecule has 1 atom stereocenters. The highest BCUT2D eigenvalue weighted by Crippen LogP contribution is 2.03. The summed E-state index contributed by atoms with van der Waals surface area (Å²) < 4.78 is 0. The lowest BCUT2D eigenvalue weighted by molar-refractivity contribution is -0.132. The molecule has 1 saturated heterocycles. The van der Waals surface area contributed by atoms with Crippen molar-refractivity contribution in [3.8, 4) is 0 Å². The molecule has 1 aromatic heterocycles. The summed E-state index contributed by atoms with van der Waals surface area (Å²) in [5, 5.41) is 6.11. The second-order valence-corrected chi connectivity index (χ2v) is 5.30. The molecule has 1 aromatic rings. The molecule has 2 rings (SSSR count). The SMILES string of the molecule is C[C@@H]1CN(C(=O)CCCNC(=O)c2cccnc2)CCN1.Cl. The van der Waals surface area contributed by atoms with Crippen molar-refractivity contribution in [3.05, 3.63) is 30.1 Å². The highest BCUT2D eigenvalue weighted by molar-refractivity contribution is 5.93. The summed E-state index contributed by atoms with van der Waals surface area (Å²) in [6.45, 7) is 4.96. The molecule has 0 unspecified atom stereocenters. The molecule has 2 amide bonds. The van der Waals surface area contributed by atoms with Gasteiger partial charge in [0.05, 0.1) is 5.56 Å². The van der Waals surface area contributed by atoms with E-state index >= 15 is 0 Å². The summed E-state index contributed by atoms with van der Waals surface area (Å²) in [5.41, 5.74) is 0.541. The quantitative estimate of drug-likeness (QED) is 0.786. The number of piperazine rings is 1. The van der Waals surface area contributed by atoms with Crippen LogP contribution in [0.1, 0.15) is 30.1 Å². The summed E-state index contributed by atoms with van der Waals surface area (Å²) in [4.78, 5) is 29.6. The van der Waals surface area contributed by atoms with Crippen LogP contribution in [-0.2, 0) is 4.79 Å². The molecule has 7 heteroatoms. The monoisotopic (exact) mass is 326 g/mol. The third-order valence-electron chi connectivity index (χ3n) is 3.50. The summed E-state index contributed by atoms with van der Waals surface area (Å²) in [7, 11) is 0. The molecule has 0 aliphatic carbocycles. The molecule has 0 spiro atoms. The Morgan fingerprint density at radius 2 is 2.32 bits per heavy atom. The van der Waals surface area contributed by atoms with Gasteiger partial charge in [-0.05, 0) is 25.5 Å². The van der Waals surface area contributed by atoms with E-state index in [2.05, 4.69) is 22.5 Å². The first-order valence-electron chi connectivity index (χ1n) is 7.36. The maximum absolute atomic E-state index is 12.0. The van der Waals surface area contributed by atoms with Crippen LogP contribution in [0.4, 0.5) is 0 Å². The van der Waals surface area contributed by atoms with E-state index in [1.807, 2.05) is 4.90 Å². The molecule has 2 heterocycles. The Hall–Kier alpha value is -1.66. The Balaban J connectivity index is 0.00000242. The number of halogens is 1. The van der Waals surface area contributed by atoms with E-state index in [9.17, 15) is 9.59 Å². The van der Waals surface area contributed by atoms with Crippen LogP contribution >= 0.6 is 12.4 Å². The number of amides is 2. The van der Waals surface area contributed by atoms with Gasteiger partial charge in [-0.15, -0.1) is 12.4 Å². The van der Waals surface area contributed by atoms with Gasteiger partial charge in [0.1, 0.15) is 0 Å². The largest absolute Gasteiger partial charge is 0.352 e. The van der Waals surface area contributed by atoms with Crippen molar-refractivity contribution >= 4 is 24.2 Å². The average molecular weight is 327 g/mol. The number of carbonyl (C=O) groups excluding carboxylic acids is 2. The second kappa shape index (κ2) is 9.38. The van der Waals surface area contributed by atoms with Crippen molar-refractivity contribution in [2.45, 2.75) is 25.8 Å². The van der Waals surface area contributed by atoms with E-state index in [0.29, 0.717) is 31.0 Å². The van der Waals surface area contributed by atoms with E-state index in [4.69, 9.17) is 0 Å². The van der Waals surface area contributed by atoms with E-state index in [1.54, 1.807) is 18.3 Å². The summed E-state index contributed by atoms with van der Waals surface area (Å²) >= 11 is 0. The number of nitrogens with zero attached hydrogens (tertiary/aromatic N) is 2. The van der Waals surface area contributed by atoms with Gasteiger partial charge in [0.25, 0.3) is 5.91 Å². The van der Waals surface area contributed by atoms with Crippen LogP contribution in [-0.4, -0.2) is 53.9 Å². The number of pyridine rings is 1. The third kappa shape index (κ3) is 5.61. The standard InChI is InChI=1S/C15H22N4O2.ClH/c1-12-11-19(9-8-17-12)14(20)5-3-7-18-15(21)13-4-2-6-16-10-13;/h2,4,6,10,12,17H,3,5,7-9,11H2,1H3,(H,18,21);1H/t12-;/m1./s1. The summed E-state index contributed by atoms with van der Waals surface area (Å²) in [6.07, 6.45) is 4.29. The molecule has 1 aliphatic rings. The molecule has 122 valence electrons. The predicted octanol–water partition coefficient (Wildman–Crippen LogP) is 0.834. The van der Waals surface area contributed by atoms with E-state index in [0.717, 1.165) is 19.6 Å². The average Bonchev–Trinajstić information content (AvgIpc) is 2.52. The Labute approximate surface area is 137 Å². The molecule has 0 aromatic carbocycles. The molecule has 0 bridgehead atoms. The van der Waals surface area contributed by atoms with Gasteiger partial charge in [-0.1, -0.05) is 0 Å². The van der Waals surface area contributed by atoms with Crippen molar-refractivity contribution in [3.63, 3.8) is 0 Å². The van der Waals surface area contributed by atoms with Crippen molar-refractivity contribution in [1.82, 2.24) is 20.5 Å². The van der Waals surface area contributed by atoms with E-state index < -0.39 is 0 Å². The lowest BCUT2D eigenvalue weighted by atomic mass is 10.2. The lowest BCUT2D eigenvalue weighted by Gasteiger charge is -2.32. The van der Waals surface area contributed by atoms with Crippen LogP contribution in [0.25, 0.3) is 0 Å². The van der Waals surface area contributed by atoms with Gasteiger partial charge >= 0.3 is 0 Å². The maximum Gasteiger partial charge on any atom is 0.252 e. The number of aromatic nitrogens is 1. The predicted molar refractivity (Wildman–Crippen MR) is 87.1 cm³/mol. The lowest BCUT2D eigenvalue weighted by Crippen LogP contribution is -2.51. The number of hydrogen-bond acceptors (Lipinski definition) is 4. The van der Waals surface area contributed by atoms with Crippen LogP contribution in [0.5, 0.6) is 0 Å². The molecule has 22 heavy (non-hydrogen) atoms. The molecule has 0 saturated carbocycles. The highest BCUT2D eigenvalue weighted by Gasteiger charge is 2.19. The minimum absolute atomic E-state index is 0. The van der Waals surface area contributed by atoms with Gasteiger partial charge < -0.3 is 15.5 Å². The first-order chi connectivity index (χ1) is 10.2. The molecule has 1 aliphatic heterocycles. The third-order valence-corrected chi connectivity index (χ3v) is 3.50. The number of hydrogen-bond donors (Lipinski definition) is 2. The zero-order chi connectivity index (χ0) is 15.1. The molecule has 0 radical (unpaired) electrons. The first-order valence-corrected chi connectivity index (χ1v) is 7.36. The highest BCUT2D eigenvalue weighted by atomic mass is 35.5. The smallest absolute Gasteiger partial charge is 0.252 e. The van der Waals surface area contributed by atoms with Crippen LogP contribution in [0.3, 0.4) is 0 Å². The minimum atomic E-state index is -0.147. The Bertz CT molecular complexity index is 484. The zero-order valence-corrected chi connectivity index (χ0v) is 13.6. The van der Waals surface area contributed by atoms with Crippen molar-refractivity contribution in [2.24, 2.45) is 0 Å². The van der Waals surface area contributed by atoms with Crippen LogP contribution in [0.2, 0.25) is 0 Å². The number of carbonyl (C=O) groups is 2. The minimum Gasteiger partial charge on any atom is -0.352 e. The number of rotatable bonds is 5. The second-order valence-electron chi connectivity index (χ2n) is 5.30. The summed E-state index contributed by atoms with van der Waals surface area (Å²) in [6, 6.07) is 3.80. The van der Waals surface area contributed by atoms with Gasteiger partial charge in [-0.25, -0.2) is 0 Å². The topological polar surface area (TPSA) is 74.3 Å². The van der Waals surface area contributed by atoms with Crippen molar-refractivity contribution in [1.29, 1.82) is 0 Å². The zero-order valence-electron chi connectivity index (χ0n) is 12.7. The van der Waals surface area contributed by atoms with Gasteiger partial charge in [0, 0.05) is 51.0 Å². The Morgan fingerprint density at radius 1 is 1.50 bits per heavy atom. The van der Waals surface area contributed by atoms with Gasteiger partial charge in [-0.2, -0.15) is 0 Å². The fourth-order valence-electron chi connectivity index (χ4n) is 2.36. The first kappa shape index (κ1) is 18.4. The van der Waals surface area contributed by atoms with Gasteiger partial charge in [-0.3, -0.25) is 14.6 Å². The number of nitrogens with one attached hydrogen (secondary N) is 2. The maximum atomic E-state index is 12.0. The van der Waals surface area contributed by atoms with Gasteiger partial charge in [0.15, 0.2) is 0 Å². The molecular formula is C15H23ClN4O2. The van der Waals surface area contributed by atoms with Crippen LogP contribution in [0, 0.1) is 0 Å². The molecular weight excluding hydrogens is 304 g/mol. The molecule has 2 N–H and O–H groups in total. The Morgan fingerprint density at radius 3 is 3.00 bits per heavy atom.